The fourth-order valence-corrected chi connectivity index (χ4v) is 5.61. The van der Waals surface area contributed by atoms with Crippen LogP contribution < -0.4 is 0 Å². The van der Waals surface area contributed by atoms with Gasteiger partial charge in [-0.15, -0.1) is 0 Å². The highest BCUT2D eigenvalue weighted by molar-refractivity contribution is 7.97. The van der Waals surface area contributed by atoms with E-state index < -0.39 is 0 Å². The van der Waals surface area contributed by atoms with Crippen LogP contribution in [0.1, 0.15) is 51.4 Å². The highest BCUT2D eigenvalue weighted by Gasteiger charge is 2.32. The normalized spacial score (nSPS) is 29.0. The van der Waals surface area contributed by atoms with E-state index in [0.29, 0.717) is 0 Å². The Bertz CT molecular complexity index is 105. The van der Waals surface area contributed by atoms with Crippen molar-refractivity contribution in [3.8, 4) is 0 Å². The molecular weight excluding hydrogens is 164 g/mol. The zero-order chi connectivity index (χ0) is 8.23. The standard InChI is InChI=1S/C11H21S/c1-3-7-11(8-4-1)12-9-5-2-6-10-12/h11H,1-10H2/q+1. The van der Waals surface area contributed by atoms with Crippen LogP contribution >= 0.6 is 0 Å². The predicted molar refractivity (Wildman–Crippen MR) is 57.8 cm³/mol. The van der Waals surface area contributed by atoms with Gasteiger partial charge in [-0.1, -0.05) is 6.42 Å². The van der Waals surface area contributed by atoms with Crippen LogP contribution in [0.2, 0.25) is 0 Å². The molecule has 2 fully saturated rings. The van der Waals surface area contributed by atoms with Gasteiger partial charge in [0.05, 0.1) is 0 Å². The molecule has 0 aromatic heterocycles. The van der Waals surface area contributed by atoms with Crippen LogP contribution in [0.25, 0.3) is 0 Å². The first-order valence-corrected chi connectivity index (χ1v) is 7.26. The molecule has 2 rings (SSSR count). The van der Waals surface area contributed by atoms with Crippen LogP contribution in [0.5, 0.6) is 0 Å². The molecule has 1 aliphatic carbocycles. The third-order valence-corrected chi connectivity index (χ3v) is 6.38. The van der Waals surface area contributed by atoms with Gasteiger partial charge in [-0.3, -0.25) is 0 Å². The molecule has 12 heavy (non-hydrogen) atoms. The van der Waals surface area contributed by atoms with Gasteiger partial charge in [-0.2, -0.15) is 0 Å². The highest BCUT2D eigenvalue weighted by atomic mass is 32.2. The molecule has 0 bridgehead atoms. The van der Waals surface area contributed by atoms with E-state index in [1.54, 1.807) is 37.2 Å². The van der Waals surface area contributed by atoms with Crippen LogP contribution in [0.15, 0.2) is 0 Å². The first-order chi connectivity index (χ1) is 5.97. The maximum atomic E-state index is 1.59. The quantitative estimate of drug-likeness (QED) is 0.551. The van der Waals surface area contributed by atoms with Crippen molar-refractivity contribution in [1.82, 2.24) is 0 Å². The number of rotatable bonds is 1. The zero-order valence-corrected chi connectivity index (χ0v) is 8.87. The largest absolute Gasteiger partial charge is 0.118 e. The lowest BCUT2D eigenvalue weighted by atomic mass is 10.0. The van der Waals surface area contributed by atoms with Crippen molar-refractivity contribution in [1.29, 1.82) is 0 Å². The second-order valence-corrected chi connectivity index (χ2v) is 6.82. The van der Waals surface area contributed by atoms with Crippen molar-refractivity contribution in [2.75, 3.05) is 11.5 Å². The van der Waals surface area contributed by atoms with E-state index in [4.69, 9.17) is 0 Å². The van der Waals surface area contributed by atoms with Crippen molar-refractivity contribution in [2.24, 2.45) is 0 Å². The van der Waals surface area contributed by atoms with Gasteiger partial charge in [-0.05, 0) is 55.8 Å². The van der Waals surface area contributed by atoms with Crippen molar-refractivity contribution in [2.45, 2.75) is 56.6 Å². The van der Waals surface area contributed by atoms with Gasteiger partial charge in [0.2, 0.25) is 0 Å². The van der Waals surface area contributed by atoms with Crippen LogP contribution in [0.4, 0.5) is 0 Å². The zero-order valence-electron chi connectivity index (χ0n) is 8.06. The van der Waals surface area contributed by atoms with Crippen LogP contribution in [0, 0.1) is 0 Å². The minimum absolute atomic E-state index is 0.869. The molecule has 0 unspecified atom stereocenters. The molecule has 0 aromatic carbocycles. The lowest BCUT2D eigenvalue weighted by molar-refractivity contribution is 0.510. The SMILES string of the molecule is C1CCC([S+]2CCCCC2)CC1. The second-order valence-electron chi connectivity index (χ2n) is 4.27. The van der Waals surface area contributed by atoms with E-state index in [2.05, 4.69) is 0 Å². The van der Waals surface area contributed by atoms with Gasteiger partial charge in [0, 0.05) is 0 Å². The lowest BCUT2D eigenvalue weighted by Gasteiger charge is -2.25. The van der Waals surface area contributed by atoms with Gasteiger partial charge in [-0.25, -0.2) is 0 Å². The average molecular weight is 185 g/mol. The molecule has 0 amide bonds. The molecule has 1 heteroatoms. The maximum absolute atomic E-state index is 1.59. The minimum atomic E-state index is 0.869. The van der Waals surface area contributed by atoms with Crippen molar-refractivity contribution >= 4 is 10.9 Å². The monoisotopic (exact) mass is 185 g/mol. The average Bonchev–Trinajstić information content (AvgIpc) is 2.21. The number of hydrogen-bond donors (Lipinski definition) is 0. The summed E-state index contributed by atoms with van der Waals surface area (Å²) in [6, 6.07) is 0. The molecule has 1 saturated carbocycles. The Labute approximate surface area is 79.5 Å². The van der Waals surface area contributed by atoms with E-state index in [1.165, 1.54) is 30.9 Å². The van der Waals surface area contributed by atoms with Gasteiger partial charge < -0.3 is 0 Å². The van der Waals surface area contributed by atoms with Gasteiger partial charge in [0.25, 0.3) is 0 Å². The number of hydrogen-bond acceptors (Lipinski definition) is 0. The summed E-state index contributed by atoms with van der Waals surface area (Å²) in [5, 5.41) is 1.17. The molecule has 0 atom stereocenters. The van der Waals surface area contributed by atoms with Crippen LogP contribution in [-0.4, -0.2) is 16.8 Å². The topological polar surface area (TPSA) is 0 Å². The van der Waals surface area contributed by atoms with Gasteiger partial charge in [0.15, 0.2) is 0 Å². The van der Waals surface area contributed by atoms with Gasteiger partial charge in [0.1, 0.15) is 16.8 Å². The van der Waals surface area contributed by atoms with Gasteiger partial charge >= 0.3 is 0 Å². The molecule has 0 radical (unpaired) electrons. The summed E-state index contributed by atoms with van der Waals surface area (Å²) in [4.78, 5) is 0. The molecule has 2 aliphatic rings. The van der Waals surface area contributed by atoms with E-state index in [1.807, 2.05) is 0 Å². The second kappa shape index (κ2) is 4.55. The van der Waals surface area contributed by atoms with E-state index in [-0.39, 0.29) is 0 Å². The fraction of sp³-hybridized carbons (Fsp3) is 1.00. The summed E-state index contributed by atoms with van der Waals surface area (Å²) >= 11 is 0. The molecular formula is C11H21S+. The Balaban J connectivity index is 1.80. The van der Waals surface area contributed by atoms with E-state index in [9.17, 15) is 0 Å². The molecule has 0 spiro atoms. The van der Waals surface area contributed by atoms with Crippen molar-refractivity contribution in [3.05, 3.63) is 0 Å². The van der Waals surface area contributed by atoms with E-state index >= 15 is 0 Å². The molecule has 1 heterocycles. The summed E-state index contributed by atoms with van der Waals surface area (Å²) in [5.41, 5.74) is 0. The molecule has 1 aliphatic heterocycles. The molecule has 0 N–H and O–H groups in total. The first kappa shape index (κ1) is 8.93. The van der Waals surface area contributed by atoms with Crippen molar-refractivity contribution in [3.63, 3.8) is 0 Å². The summed E-state index contributed by atoms with van der Waals surface area (Å²) in [7, 11) is 0.869. The molecule has 1 saturated heterocycles. The predicted octanol–water partition coefficient (Wildman–Crippen LogP) is 3.12. The fourth-order valence-electron chi connectivity index (χ4n) is 2.59. The van der Waals surface area contributed by atoms with Crippen molar-refractivity contribution < 1.29 is 0 Å². The Kier molecular flexibility index (Phi) is 3.38. The summed E-state index contributed by atoms with van der Waals surface area (Å²) < 4.78 is 0. The third kappa shape index (κ3) is 2.18. The minimum Gasteiger partial charge on any atom is -0.0529 e. The van der Waals surface area contributed by atoms with E-state index in [0.717, 1.165) is 10.9 Å². The summed E-state index contributed by atoms with van der Waals surface area (Å²) in [6.07, 6.45) is 12.3. The summed E-state index contributed by atoms with van der Waals surface area (Å²) in [6.45, 7) is 0. The first-order valence-electron chi connectivity index (χ1n) is 5.63. The maximum Gasteiger partial charge on any atom is 0.118 e. The smallest absolute Gasteiger partial charge is 0.0529 e. The Morgan fingerprint density at radius 1 is 0.667 bits per heavy atom. The third-order valence-electron chi connectivity index (χ3n) is 3.34. The van der Waals surface area contributed by atoms with Crippen LogP contribution in [-0.2, 0) is 10.9 Å². The summed E-state index contributed by atoms with van der Waals surface area (Å²) in [5.74, 6) is 3.18. The Morgan fingerprint density at radius 3 is 1.92 bits per heavy atom. The Morgan fingerprint density at radius 2 is 1.25 bits per heavy atom. The highest BCUT2D eigenvalue weighted by Crippen LogP contribution is 2.29. The molecule has 70 valence electrons. The molecule has 0 nitrogen and oxygen atoms in total. The Hall–Kier alpha value is 0.350. The lowest BCUT2D eigenvalue weighted by Crippen LogP contribution is -2.31. The molecule has 0 aromatic rings. The van der Waals surface area contributed by atoms with Crippen LogP contribution in [0.3, 0.4) is 0 Å².